The number of nitrogens with zero attached hydrogens (tertiary/aromatic N) is 3. The minimum Gasteiger partial charge on any atom is -0.366 e. The number of nitro groups is 1. The van der Waals surface area contributed by atoms with Crippen molar-refractivity contribution >= 4 is 11.6 Å². The summed E-state index contributed by atoms with van der Waals surface area (Å²) in [5.41, 5.74) is 5.30. The van der Waals surface area contributed by atoms with Gasteiger partial charge in [0.05, 0.1) is 11.3 Å². The van der Waals surface area contributed by atoms with E-state index in [9.17, 15) is 14.9 Å². The first-order valence-corrected chi connectivity index (χ1v) is 4.66. The van der Waals surface area contributed by atoms with Crippen molar-refractivity contribution in [2.75, 3.05) is 0 Å². The van der Waals surface area contributed by atoms with Crippen molar-refractivity contribution in [2.24, 2.45) is 5.73 Å². The van der Waals surface area contributed by atoms with Crippen LogP contribution in [0.1, 0.15) is 10.4 Å². The molecule has 1 aromatic heterocycles. The van der Waals surface area contributed by atoms with E-state index in [1.54, 1.807) is 6.20 Å². The Balaban J connectivity index is 2.61. The fourth-order valence-electron chi connectivity index (χ4n) is 1.44. The second-order valence-electron chi connectivity index (χ2n) is 3.29. The summed E-state index contributed by atoms with van der Waals surface area (Å²) in [7, 11) is 0. The van der Waals surface area contributed by atoms with Crippen molar-refractivity contribution in [1.82, 2.24) is 9.55 Å². The molecule has 0 saturated heterocycles. The molecular weight excluding hydrogens is 224 g/mol. The van der Waals surface area contributed by atoms with Gasteiger partial charge in [-0.15, -0.1) is 0 Å². The number of hydrogen-bond acceptors (Lipinski definition) is 4. The summed E-state index contributed by atoms with van der Waals surface area (Å²) in [6.07, 6.45) is 4.52. The Morgan fingerprint density at radius 2 is 2.24 bits per heavy atom. The van der Waals surface area contributed by atoms with Crippen LogP contribution in [0.5, 0.6) is 0 Å². The standard InChI is InChI=1S/C10H8N4O3/c11-10(15)7-1-2-8(9(5-7)14(16)17)13-4-3-12-6-13/h1-6H,(H2,11,15). The molecule has 86 valence electrons. The zero-order chi connectivity index (χ0) is 12.4. The van der Waals surface area contributed by atoms with E-state index in [0.29, 0.717) is 5.69 Å². The van der Waals surface area contributed by atoms with Gasteiger partial charge in [-0.1, -0.05) is 0 Å². The maximum absolute atomic E-state index is 11.0. The van der Waals surface area contributed by atoms with E-state index in [-0.39, 0.29) is 11.3 Å². The fourth-order valence-corrected chi connectivity index (χ4v) is 1.44. The Kier molecular flexibility index (Phi) is 2.57. The van der Waals surface area contributed by atoms with Crippen molar-refractivity contribution in [1.29, 1.82) is 0 Å². The molecule has 17 heavy (non-hydrogen) atoms. The van der Waals surface area contributed by atoms with Gasteiger partial charge in [0.25, 0.3) is 5.69 Å². The van der Waals surface area contributed by atoms with Gasteiger partial charge in [-0.2, -0.15) is 0 Å². The van der Waals surface area contributed by atoms with Crippen LogP contribution in [0, 0.1) is 10.1 Å². The Labute approximate surface area is 95.6 Å². The smallest absolute Gasteiger partial charge is 0.294 e. The highest BCUT2D eigenvalue weighted by atomic mass is 16.6. The number of carbonyl (C=O) groups excluding carboxylic acids is 1. The number of amides is 1. The number of nitrogens with two attached hydrogens (primary N) is 1. The SMILES string of the molecule is NC(=O)c1ccc(-n2ccnc2)c([N+](=O)[O-])c1. The zero-order valence-corrected chi connectivity index (χ0v) is 8.61. The predicted molar refractivity (Wildman–Crippen MR) is 58.7 cm³/mol. The topological polar surface area (TPSA) is 104 Å². The normalized spacial score (nSPS) is 10.1. The van der Waals surface area contributed by atoms with Crippen LogP contribution in [-0.4, -0.2) is 20.4 Å². The first kappa shape index (κ1) is 10.8. The first-order valence-electron chi connectivity index (χ1n) is 4.66. The first-order chi connectivity index (χ1) is 8.09. The van der Waals surface area contributed by atoms with Crippen molar-refractivity contribution < 1.29 is 9.72 Å². The highest BCUT2D eigenvalue weighted by Crippen LogP contribution is 2.23. The Bertz CT molecular complexity index is 577. The largest absolute Gasteiger partial charge is 0.366 e. The maximum atomic E-state index is 11.0. The Hall–Kier alpha value is -2.70. The van der Waals surface area contributed by atoms with Crippen LogP contribution in [0.3, 0.4) is 0 Å². The molecule has 2 aromatic rings. The predicted octanol–water partition coefficient (Wildman–Crippen LogP) is 0.879. The maximum Gasteiger partial charge on any atom is 0.294 e. The van der Waals surface area contributed by atoms with E-state index in [2.05, 4.69) is 4.98 Å². The molecule has 1 aromatic carbocycles. The summed E-state index contributed by atoms with van der Waals surface area (Å²) in [6.45, 7) is 0. The number of nitro benzene ring substituents is 1. The van der Waals surface area contributed by atoms with Crippen LogP contribution in [0.25, 0.3) is 5.69 Å². The van der Waals surface area contributed by atoms with Crippen molar-refractivity contribution in [3.05, 3.63) is 52.6 Å². The molecule has 7 heteroatoms. The summed E-state index contributed by atoms with van der Waals surface area (Å²) < 4.78 is 1.49. The summed E-state index contributed by atoms with van der Waals surface area (Å²) in [4.78, 5) is 25.1. The summed E-state index contributed by atoms with van der Waals surface area (Å²) in [5, 5.41) is 10.9. The number of aromatic nitrogens is 2. The molecular formula is C10H8N4O3. The lowest BCUT2D eigenvalue weighted by Gasteiger charge is -2.04. The second kappa shape index (κ2) is 4.05. The third kappa shape index (κ3) is 1.98. The van der Waals surface area contributed by atoms with Crippen molar-refractivity contribution in [2.45, 2.75) is 0 Å². The third-order valence-corrected chi connectivity index (χ3v) is 2.24. The van der Waals surface area contributed by atoms with Gasteiger partial charge < -0.3 is 10.3 Å². The highest BCUT2D eigenvalue weighted by Gasteiger charge is 2.17. The van der Waals surface area contributed by atoms with Crippen LogP contribution < -0.4 is 5.73 Å². The molecule has 0 saturated carbocycles. The highest BCUT2D eigenvalue weighted by molar-refractivity contribution is 5.94. The number of imidazole rings is 1. The molecule has 0 radical (unpaired) electrons. The lowest BCUT2D eigenvalue weighted by Crippen LogP contribution is -2.11. The van der Waals surface area contributed by atoms with Crippen LogP contribution >= 0.6 is 0 Å². The van der Waals surface area contributed by atoms with Gasteiger partial charge >= 0.3 is 0 Å². The molecule has 7 nitrogen and oxygen atoms in total. The quantitative estimate of drug-likeness (QED) is 0.626. The molecule has 2 N–H and O–H groups in total. The molecule has 0 fully saturated rings. The molecule has 0 spiro atoms. The Morgan fingerprint density at radius 3 is 2.76 bits per heavy atom. The van der Waals surface area contributed by atoms with E-state index in [1.807, 2.05) is 0 Å². The van der Waals surface area contributed by atoms with Gasteiger partial charge in [0.15, 0.2) is 0 Å². The van der Waals surface area contributed by atoms with Crippen molar-refractivity contribution in [3.8, 4) is 5.69 Å². The molecule has 0 aliphatic heterocycles. The molecule has 0 aliphatic rings. The van der Waals surface area contributed by atoms with Crippen LogP contribution in [0.15, 0.2) is 36.9 Å². The number of primary amides is 1. The van der Waals surface area contributed by atoms with Crippen LogP contribution in [-0.2, 0) is 0 Å². The minimum absolute atomic E-state index is 0.0977. The number of rotatable bonds is 3. The summed E-state index contributed by atoms with van der Waals surface area (Å²) in [6, 6.07) is 4.04. The van der Waals surface area contributed by atoms with Crippen molar-refractivity contribution in [3.63, 3.8) is 0 Å². The third-order valence-electron chi connectivity index (χ3n) is 2.24. The molecule has 0 aliphatic carbocycles. The molecule has 1 heterocycles. The zero-order valence-electron chi connectivity index (χ0n) is 8.61. The van der Waals surface area contributed by atoms with Gasteiger partial charge in [-0.3, -0.25) is 14.9 Å². The number of benzene rings is 1. The average molecular weight is 232 g/mol. The minimum atomic E-state index is -0.703. The average Bonchev–Trinajstić information content (AvgIpc) is 2.81. The molecule has 0 atom stereocenters. The fraction of sp³-hybridized carbons (Fsp3) is 0. The molecule has 2 rings (SSSR count). The van der Waals surface area contributed by atoms with E-state index < -0.39 is 10.8 Å². The lowest BCUT2D eigenvalue weighted by molar-refractivity contribution is -0.384. The lowest BCUT2D eigenvalue weighted by atomic mass is 10.1. The Morgan fingerprint density at radius 1 is 1.47 bits per heavy atom. The van der Waals surface area contributed by atoms with Crippen LogP contribution in [0.4, 0.5) is 5.69 Å². The van der Waals surface area contributed by atoms with E-state index in [0.717, 1.165) is 6.07 Å². The van der Waals surface area contributed by atoms with Gasteiger partial charge in [-0.25, -0.2) is 4.98 Å². The molecule has 0 bridgehead atoms. The van der Waals surface area contributed by atoms with E-state index in [4.69, 9.17) is 5.73 Å². The second-order valence-corrected chi connectivity index (χ2v) is 3.29. The van der Waals surface area contributed by atoms with E-state index >= 15 is 0 Å². The van der Waals surface area contributed by atoms with Crippen LogP contribution in [0.2, 0.25) is 0 Å². The van der Waals surface area contributed by atoms with Gasteiger partial charge in [0, 0.05) is 24.0 Å². The summed E-state index contributed by atoms with van der Waals surface area (Å²) in [5.74, 6) is -0.703. The van der Waals surface area contributed by atoms with Gasteiger partial charge in [0.1, 0.15) is 5.69 Å². The molecule has 1 amide bonds. The van der Waals surface area contributed by atoms with E-state index in [1.165, 1.54) is 29.2 Å². The number of carbonyl (C=O) groups is 1. The van der Waals surface area contributed by atoms with Gasteiger partial charge in [-0.05, 0) is 12.1 Å². The number of hydrogen-bond donors (Lipinski definition) is 1. The molecule has 0 unspecified atom stereocenters. The monoisotopic (exact) mass is 232 g/mol. The summed E-state index contributed by atoms with van der Waals surface area (Å²) >= 11 is 0. The van der Waals surface area contributed by atoms with Gasteiger partial charge in [0.2, 0.25) is 5.91 Å².